The van der Waals surface area contributed by atoms with Crippen molar-refractivity contribution in [2.75, 3.05) is 26.3 Å². The fraction of sp³-hybridized carbons (Fsp3) is 0.394. The van der Waals surface area contributed by atoms with Gasteiger partial charge >= 0.3 is 5.76 Å². The van der Waals surface area contributed by atoms with Crippen molar-refractivity contribution in [1.29, 1.82) is 0 Å². The minimum Gasteiger partial charge on any atom is -0.444 e. The third-order valence-electron chi connectivity index (χ3n) is 9.27. The third-order valence-corrected chi connectivity index (χ3v) is 9.50. The first-order chi connectivity index (χ1) is 22.3. The second-order valence-corrected chi connectivity index (χ2v) is 12.8. The molecular formula is C33H32ClFN6O5. The fourth-order valence-corrected chi connectivity index (χ4v) is 7.04. The van der Waals surface area contributed by atoms with Gasteiger partial charge in [-0.05, 0) is 68.6 Å². The topological polar surface area (TPSA) is 121 Å². The standard InChI is InChI=1S/C33H32ClFN6O5/c1-33(24-6-5-22(34)14-25(24)35)44-27-4-2-3-23(29(27)45-33)20-7-10-40(11-8-20)17-28-37-26-13-21(30-38-32(42)46-39-30)15-36-31(26)41(28)16-19-9-12-43-18-19/h2-6,13-15,19-20H,7-12,16-18H2,1H3,(H,38,39,42). The van der Waals surface area contributed by atoms with Crippen LogP contribution in [0.3, 0.4) is 0 Å². The summed E-state index contributed by atoms with van der Waals surface area (Å²) in [6, 6.07) is 12.3. The summed E-state index contributed by atoms with van der Waals surface area (Å²) >= 11 is 5.99. The maximum atomic E-state index is 14.9. The maximum absolute atomic E-state index is 14.9. The largest absolute Gasteiger partial charge is 0.444 e. The Morgan fingerprint density at radius 2 is 2.00 bits per heavy atom. The van der Waals surface area contributed by atoms with Crippen LogP contribution in [0.1, 0.15) is 49.1 Å². The number of imidazole rings is 1. The molecule has 2 saturated heterocycles. The number of aromatic amines is 1. The molecule has 46 heavy (non-hydrogen) atoms. The molecule has 11 nitrogen and oxygen atoms in total. The molecule has 2 aromatic carbocycles. The number of hydrogen-bond donors (Lipinski definition) is 1. The van der Waals surface area contributed by atoms with Gasteiger partial charge in [0.2, 0.25) is 0 Å². The van der Waals surface area contributed by atoms with Crippen molar-refractivity contribution in [1.82, 2.24) is 29.6 Å². The van der Waals surface area contributed by atoms with Gasteiger partial charge in [0, 0.05) is 48.3 Å². The number of ether oxygens (including phenoxy) is 3. The molecule has 13 heteroatoms. The Kier molecular flexibility index (Phi) is 7.30. The smallest absolute Gasteiger partial charge is 0.439 e. The van der Waals surface area contributed by atoms with Gasteiger partial charge in [0.15, 0.2) is 23.0 Å². The van der Waals surface area contributed by atoms with E-state index < -0.39 is 17.4 Å². The SMILES string of the molecule is CC1(c2ccc(Cl)cc2F)Oc2cccc(C3CCN(Cc4nc5cc(-c6noc(=O)[nH]6)cnc5n4CC4CCOC4)CC3)c2O1. The molecule has 3 aliphatic heterocycles. The number of nitrogens with zero attached hydrogens (tertiary/aromatic N) is 5. The molecule has 0 bridgehead atoms. The number of fused-ring (bicyclic) bond motifs is 2. The van der Waals surface area contributed by atoms with Gasteiger partial charge in [0.05, 0.1) is 18.7 Å². The summed E-state index contributed by atoms with van der Waals surface area (Å²) in [6.07, 6.45) is 4.53. The minimum atomic E-state index is -1.28. The molecule has 238 valence electrons. The van der Waals surface area contributed by atoms with Gasteiger partial charge in [0.1, 0.15) is 17.2 Å². The third kappa shape index (κ3) is 5.33. The summed E-state index contributed by atoms with van der Waals surface area (Å²) in [7, 11) is 0. The molecule has 6 heterocycles. The number of rotatable bonds is 7. The van der Waals surface area contributed by atoms with E-state index in [-0.39, 0.29) is 5.92 Å². The van der Waals surface area contributed by atoms with Crippen molar-refractivity contribution in [2.24, 2.45) is 5.92 Å². The van der Waals surface area contributed by atoms with Crippen molar-refractivity contribution in [3.8, 4) is 22.9 Å². The number of piperidine rings is 1. The molecule has 2 unspecified atom stereocenters. The Morgan fingerprint density at radius 3 is 2.76 bits per heavy atom. The Hall–Kier alpha value is -4.26. The van der Waals surface area contributed by atoms with Crippen molar-refractivity contribution in [2.45, 2.75) is 51.0 Å². The van der Waals surface area contributed by atoms with E-state index in [4.69, 9.17) is 35.8 Å². The Bertz CT molecular complexity index is 1980. The first kappa shape index (κ1) is 29.2. The van der Waals surface area contributed by atoms with Gasteiger partial charge in [0.25, 0.3) is 5.79 Å². The van der Waals surface area contributed by atoms with Crippen LogP contribution < -0.4 is 15.2 Å². The zero-order chi connectivity index (χ0) is 31.4. The number of hydrogen-bond acceptors (Lipinski definition) is 9. The number of benzene rings is 2. The van der Waals surface area contributed by atoms with Crippen LogP contribution in [0.25, 0.3) is 22.6 Å². The van der Waals surface area contributed by atoms with E-state index in [0.29, 0.717) is 45.9 Å². The van der Waals surface area contributed by atoms with Gasteiger partial charge in [-0.15, -0.1) is 0 Å². The van der Waals surface area contributed by atoms with E-state index in [0.717, 1.165) is 74.7 Å². The lowest BCUT2D eigenvalue weighted by atomic mass is 9.88. The van der Waals surface area contributed by atoms with Crippen LogP contribution in [-0.2, 0) is 23.6 Å². The highest BCUT2D eigenvalue weighted by atomic mass is 35.5. The van der Waals surface area contributed by atoms with Crippen LogP contribution in [0, 0.1) is 11.7 Å². The van der Waals surface area contributed by atoms with Crippen LogP contribution >= 0.6 is 11.6 Å². The second-order valence-electron chi connectivity index (χ2n) is 12.4. The summed E-state index contributed by atoms with van der Waals surface area (Å²) in [5.41, 5.74) is 3.55. The van der Waals surface area contributed by atoms with E-state index in [1.807, 2.05) is 18.2 Å². The average molecular weight is 647 g/mol. The summed E-state index contributed by atoms with van der Waals surface area (Å²) in [4.78, 5) is 26.3. The lowest BCUT2D eigenvalue weighted by molar-refractivity contribution is -0.0712. The molecule has 1 N–H and O–H groups in total. The van der Waals surface area contributed by atoms with E-state index in [9.17, 15) is 9.18 Å². The first-order valence-corrected chi connectivity index (χ1v) is 15.9. The van der Waals surface area contributed by atoms with Crippen molar-refractivity contribution >= 4 is 22.8 Å². The maximum Gasteiger partial charge on any atom is 0.439 e. The number of pyridine rings is 1. The van der Waals surface area contributed by atoms with E-state index in [1.54, 1.807) is 25.3 Å². The second kappa shape index (κ2) is 11.5. The molecule has 3 aromatic heterocycles. The van der Waals surface area contributed by atoms with E-state index in [2.05, 4.69) is 30.2 Å². The number of halogens is 2. The lowest BCUT2D eigenvalue weighted by Gasteiger charge is -2.32. The van der Waals surface area contributed by atoms with Crippen LogP contribution in [0.15, 0.2) is 58.0 Å². The molecule has 5 aromatic rings. The highest BCUT2D eigenvalue weighted by molar-refractivity contribution is 6.30. The molecule has 0 radical (unpaired) electrons. The van der Waals surface area contributed by atoms with Gasteiger partial charge in [-0.25, -0.2) is 19.2 Å². The van der Waals surface area contributed by atoms with Crippen LogP contribution in [-0.4, -0.2) is 55.9 Å². The van der Waals surface area contributed by atoms with Crippen molar-refractivity contribution in [3.05, 3.63) is 87.0 Å². The monoisotopic (exact) mass is 646 g/mol. The van der Waals surface area contributed by atoms with Crippen molar-refractivity contribution < 1.29 is 23.1 Å². The zero-order valence-corrected chi connectivity index (χ0v) is 25.9. The Balaban J connectivity index is 1.01. The fourth-order valence-electron chi connectivity index (χ4n) is 6.88. The normalized spacial score (nSPS) is 21.8. The Labute approximate surface area is 268 Å². The van der Waals surface area contributed by atoms with E-state index >= 15 is 0 Å². The van der Waals surface area contributed by atoms with Gasteiger partial charge in [-0.2, -0.15) is 0 Å². The first-order valence-electron chi connectivity index (χ1n) is 15.5. The number of para-hydroxylation sites is 1. The van der Waals surface area contributed by atoms with Crippen LogP contribution in [0.2, 0.25) is 5.02 Å². The predicted octanol–water partition coefficient (Wildman–Crippen LogP) is 5.63. The number of H-pyrrole nitrogens is 1. The molecule has 0 aliphatic carbocycles. The molecular weight excluding hydrogens is 615 g/mol. The number of likely N-dealkylation sites (tertiary alicyclic amines) is 1. The Morgan fingerprint density at radius 1 is 1.13 bits per heavy atom. The van der Waals surface area contributed by atoms with Gasteiger partial charge in [-0.3, -0.25) is 14.4 Å². The van der Waals surface area contributed by atoms with Crippen LogP contribution in [0.4, 0.5) is 4.39 Å². The summed E-state index contributed by atoms with van der Waals surface area (Å²) < 4.78 is 40.0. The molecule has 0 saturated carbocycles. The van der Waals surface area contributed by atoms with Gasteiger partial charge < -0.3 is 18.8 Å². The molecule has 0 spiro atoms. The van der Waals surface area contributed by atoms with E-state index in [1.165, 1.54) is 6.07 Å². The van der Waals surface area contributed by atoms with Crippen molar-refractivity contribution in [3.63, 3.8) is 0 Å². The molecule has 2 fully saturated rings. The number of nitrogens with one attached hydrogen (secondary N) is 1. The summed E-state index contributed by atoms with van der Waals surface area (Å²) in [5.74, 6) is 0.836. The predicted molar refractivity (Wildman–Crippen MR) is 166 cm³/mol. The minimum absolute atomic E-state index is 0.260. The molecule has 0 amide bonds. The number of aromatic nitrogens is 5. The average Bonchev–Trinajstić information content (AvgIpc) is 3.84. The molecule has 8 rings (SSSR count). The molecule has 2 atom stereocenters. The highest BCUT2D eigenvalue weighted by Crippen LogP contribution is 2.50. The summed E-state index contributed by atoms with van der Waals surface area (Å²) in [5, 5.41) is 4.12. The van der Waals surface area contributed by atoms with Crippen LogP contribution in [0.5, 0.6) is 11.5 Å². The zero-order valence-electron chi connectivity index (χ0n) is 25.2. The highest BCUT2D eigenvalue weighted by Gasteiger charge is 2.43. The quantitative estimate of drug-likeness (QED) is 0.240. The summed E-state index contributed by atoms with van der Waals surface area (Å²) in [6.45, 7) is 6.41. The van der Waals surface area contributed by atoms with Gasteiger partial charge in [-0.1, -0.05) is 28.9 Å². The molecule has 3 aliphatic rings. The lowest BCUT2D eigenvalue weighted by Crippen LogP contribution is -2.34.